The van der Waals surface area contributed by atoms with Crippen LogP contribution in [0.25, 0.3) is 11.5 Å². The first kappa shape index (κ1) is 18.1. The average Bonchev–Trinajstić information content (AvgIpc) is 3.36. The van der Waals surface area contributed by atoms with Gasteiger partial charge in [-0.15, -0.1) is 0 Å². The summed E-state index contributed by atoms with van der Waals surface area (Å²) in [7, 11) is 0. The number of carbonyl (C=O) groups excluding carboxylic acids is 1. The van der Waals surface area contributed by atoms with Crippen molar-refractivity contribution in [3.63, 3.8) is 0 Å². The summed E-state index contributed by atoms with van der Waals surface area (Å²) < 4.78 is 5.32. The number of halogens is 2. The van der Waals surface area contributed by atoms with Gasteiger partial charge in [0.25, 0.3) is 5.91 Å². The van der Waals surface area contributed by atoms with Gasteiger partial charge in [0.15, 0.2) is 11.5 Å². The first-order chi connectivity index (χ1) is 13.1. The van der Waals surface area contributed by atoms with E-state index >= 15 is 0 Å². The largest absolute Gasteiger partial charge is 0.463 e. The number of aromatic amines is 1. The zero-order chi connectivity index (χ0) is 18.8. The van der Waals surface area contributed by atoms with Crippen molar-refractivity contribution >= 4 is 29.1 Å². The number of piperazine rings is 1. The summed E-state index contributed by atoms with van der Waals surface area (Å²) in [4.78, 5) is 16.8. The lowest BCUT2D eigenvalue weighted by molar-refractivity contribution is 0.0622. The highest BCUT2D eigenvalue weighted by atomic mass is 35.5. The lowest BCUT2D eigenvalue weighted by Crippen LogP contribution is -2.48. The number of amides is 1. The van der Waals surface area contributed by atoms with Crippen molar-refractivity contribution in [2.24, 2.45) is 0 Å². The Morgan fingerprint density at radius 3 is 2.63 bits per heavy atom. The first-order valence-corrected chi connectivity index (χ1v) is 9.40. The van der Waals surface area contributed by atoms with Crippen LogP contribution in [0.15, 0.2) is 47.1 Å². The summed E-state index contributed by atoms with van der Waals surface area (Å²) in [5.41, 5.74) is 2.21. The Balaban J connectivity index is 1.34. The van der Waals surface area contributed by atoms with Gasteiger partial charge in [0.05, 0.1) is 16.3 Å². The van der Waals surface area contributed by atoms with E-state index in [1.54, 1.807) is 18.4 Å². The molecule has 8 heteroatoms. The van der Waals surface area contributed by atoms with Crippen LogP contribution in [0.5, 0.6) is 0 Å². The normalized spacial score (nSPS) is 15.3. The third-order valence-electron chi connectivity index (χ3n) is 4.63. The molecule has 6 nitrogen and oxygen atoms in total. The number of hydrogen-bond donors (Lipinski definition) is 1. The third kappa shape index (κ3) is 4.03. The van der Waals surface area contributed by atoms with Gasteiger partial charge in [-0.1, -0.05) is 29.3 Å². The van der Waals surface area contributed by atoms with Crippen molar-refractivity contribution in [2.45, 2.75) is 6.54 Å². The topological polar surface area (TPSA) is 65.4 Å². The van der Waals surface area contributed by atoms with Crippen molar-refractivity contribution < 1.29 is 9.21 Å². The van der Waals surface area contributed by atoms with Crippen LogP contribution in [0, 0.1) is 0 Å². The van der Waals surface area contributed by atoms with Gasteiger partial charge < -0.3 is 9.32 Å². The molecule has 27 heavy (non-hydrogen) atoms. The number of aromatic nitrogens is 2. The summed E-state index contributed by atoms with van der Waals surface area (Å²) in [5.74, 6) is 0.589. The van der Waals surface area contributed by atoms with Crippen LogP contribution in [-0.2, 0) is 6.54 Å². The van der Waals surface area contributed by atoms with E-state index in [0.29, 0.717) is 40.3 Å². The Bertz CT molecular complexity index is 931. The van der Waals surface area contributed by atoms with E-state index in [1.807, 2.05) is 29.2 Å². The van der Waals surface area contributed by atoms with Crippen molar-refractivity contribution in [3.05, 3.63) is 64.0 Å². The predicted molar refractivity (Wildman–Crippen MR) is 104 cm³/mol. The van der Waals surface area contributed by atoms with Gasteiger partial charge in [0.2, 0.25) is 0 Å². The van der Waals surface area contributed by atoms with Crippen LogP contribution in [0.3, 0.4) is 0 Å². The first-order valence-electron chi connectivity index (χ1n) is 8.65. The molecule has 1 saturated heterocycles. The molecule has 2 aromatic heterocycles. The molecule has 1 aliphatic heterocycles. The van der Waals surface area contributed by atoms with Crippen LogP contribution in [-0.4, -0.2) is 52.1 Å². The molecule has 0 bridgehead atoms. The van der Waals surface area contributed by atoms with Crippen LogP contribution in [0.2, 0.25) is 10.0 Å². The van der Waals surface area contributed by atoms with Gasteiger partial charge in [0, 0.05) is 38.8 Å². The Morgan fingerprint density at radius 1 is 1.11 bits per heavy atom. The van der Waals surface area contributed by atoms with Crippen molar-refractivity contribution in [2.75, 3.05) is 26.2 Å². The fraction of sp³-hybridized carbons (Fsp3) is 0.263. The maximum absolute atomic E-state index is 12.7. The molecule has 1 N–H and O–H groups in total. The molecule has 3 heterocycles. The molecule has 1 aliphatic rings. The molecule has 3 aromatic rings. The number of benzene rings is 1. The van der Waals surface area contributed by atoms with Gasteiger partial charge in [-0.25, -0.2) is 0 Å². The fourth-order valence-electron chi connectivity index (χ4n) is 3.16. The predicted octanol–water partition coefficient (Wildman–Crippen LogP) is 3.93. The standard InChI is InChI=1S/C19H18Cl2N4O2/c20-14-4-3-13(10-15(14)21)12-24-5-7-25(8-6-24)19(26)17-11-16(22-23-17)18-2-1-9-27-18/h1-4,9-11H,5-8,12H2,(H,22,23). The van der Waals surface area contributed by atoms with Crippen molar-refractivity contribution in [3.8, 4) is 11.5 Å². The van der Waals surface area contributed by atoms with Gasteiger partial charge in [0.1, 0.15) is 5.69 Å². The highest BCUT2D eigenvalue weighted by Crippen LogP contribution is 2.24. The zero-order valence-corrected chi connectivity index (χ0v) is 16.0. The highest BCUT2D eigenvalue weighted by molar-refractivity contribution is 6.42. The van der Waals surface area contributed by atoms with E-state index < -0.39 is 0 Å². The molecule has 0 unspecified atom stereocenters. The molecule has 1 aromatic carbocycles. The minimum Gasteiger partial charge on any atom is -0.463 e. The van der Waals surface area contributed by atoms with Crippen molar-refractivity contribution in [1.82, 2.24) is 20.0 Å². The fourth-order valence-corrected chi connectivity index (χ4v) is 3.48. The molecule has 4 rings (SSSR count). The minimum absolute atomic E-state index is 0.0711. The van der Waals surface area contributed by atoms with Gasteiger partial charge in [-0.05, 0) is 29.8 Å². The second kappa shape index (κ2) is 7.76. The van der Waals surface area contributed by atoms with Crippen molar-refractivity contribution in [1.29, 1.82) is 0 Å². The third-order valence-corrected chi connectivity index (χ3v) is 5.37. The van der Waals surface area contributed by atoms with Crippen LogP contribution in [0.1, 0.15) is 16.1 Å². The summed E-state index contributed by atoms with van der Waals surface area (Å²) in [5, 5.41) is 8.11. The minimum atomic E-state index is -0.0711. The summed E-state index contributed by atoms with van der Waals surface area (Å²) in [6.45, 7) is 3.68. The molecule has 1 fully saturated rings. The Morgan fingerprint density at radius 2 is 1.93 bits per heavy atom. The van der Waals surface area contributed by atoms with E-state index in [-0.39, 0.29) is 5.91 Å². The molecular formula is C19H18Cl2N4O2. The quantitative estimate of drug-likeness (QED) is 0.714. The lowest BCUT2D eigenvalue weighted by atomic mass is 10.2. The monoisotopic (exact) mass is 404 g/mol. The van der Waals surface area contributed by atoms with Crippen LogP contribution in [0.4, 0.5) is 0 Å². The molecule has 0 aliphatic carbocycles. The molecule has 0 spiro atoms. The molecule has 1 amide bonds. The SMILES string of the molecule is O=C(c1cc(-c2ccco2)[nH]n1)N1CCN(Cc2ccc(Cl)c(Cl)c2)CC1. The number of H-pyrrole nitrogens is 1. The van der Waals surface area contributed by atoms with Gasteiger partial charge in [-0.3, -0.25) is 14.8 Å². The Hall–Kier alpha value is -2.28. The average molecular weight is 405 g/mol. The second-order valence-corrected chi connectivity index (χ2v) is 7.28. The summed E-state index contributed by atoms with van der Waals surface area (Å²) >= 11 is 12.0. The van der Waals surface area contributed by atoms with E-state index in [2.05, 4.69) is 15.1 Å². The summed E-state index contributed by atoms with van der Waals surface area (Å²) in [6, 6.07) is 11.0. The van der Waals surface area contributed by atoms with E-state index in [1.165, 1.54) is 0 Å². The lowest BCUT2D eigenvalue weighted by Gasteiger charge is -2.34. The second-order valence-electron chi connectivity index (χ2n) is 6.46. The zero-order valence-electron chi connectivity index (χ0n) is 14.5. The Kier molecular flexibility index (Phi) is 5.20. The molecular weight excluding hydrogens is 387 g/mol. The number of carbonyl (C=O) groups is 1. The number of nitrogens with one attached hydrogen (secondary N) is 1. The number of rotatable bonds is 4. The Labute approximate surface area is 166 Å². The molecule has 0 radical (unpaired) electrons. The smallest absolute Gasteiger partial charge is 0.274 e. The molecule has 140 valence electrons. The van der Waals surface area contributed by atoms with E-state index in [0.717, 1.165) is 25.2 Å². The van der Waals surface area contributed by atoms with Gasteiger partial charge in [-0.2, -0.15) is 5.10 Å². The number of nitrogens with zero attached hydrogens (tertiary/aromatic N) is 3. The number of furan rings is 1. The summed E-state index contributed by atoms with van der Waals surface area (Å²) in [6.07, 6.45) is 1.59. The van der Waals surface area contributed by atoms with E-state index in [9.17, 15) is 4.79 Å². The van der Waals surface area contributed by atoms with Gasteiger partial charge >= 0.3 is 0 Å². The molecule has 0 saturated carbocycles. The molecule has 0 atom stereocenters. The maximum Gasteiger partial charge on any atom is 0.274 e. The highest BCUT2D eigenvalue weighted by Gasteiger charge is 2.24. The van der Waals surface area contributed by atoms with Crippen LogP contribution < -0.4 is 0 Å². The van der Waals surface area contributed by atoms with E-state index in [4.69, 9.17) is 27.6 Å². The maximum atomic E-state index is 12.7. The number of hydrogen-bond acceptors (Lipinski definition) is 4. The van der Waals surface area contributed by atoms with Crippen LogP contribution >= 0.6 is 23.2 Å².